The molecule has 0 aromatic rings. The summed E-state index contributed by atoms with van der Waals surface area (Å²) in [5.74, 6) is 0.536. The van der Waals surface area contributed by atoms with E-state index in [4.69, 9.17) is 4.74 Å². The summed E-state index contributed by atoms with van der Waals surface area (Å²) < 4.78 is 5.36. The van der Waals surface area contributed by atoms with Crippen LogP contribution in [0.5, 0.6) is 0 Å². The molecule has 1 heterocycles. The number of nitrogens with two attached hydrogens (primary N) is 1. The van der Waals surface area contributed by atoms with Crippen molar-refractivity contribution in [1.82, 2.24) is 20.9 Å². The second-order valence-electron chi connectivity index (χ2n) is 9.33. The lowest BCUT2D eigenvalue weighted by molar-refractivity contribution is -0.110. The van der Waals surface area contributed by atoms with Crippen molar-refractivity contribution in [2.75, 3.05) is 46.9 Å². The quantitative estimate of drug-likeness (QED) is 0.0569. The van der Waals surface area contributed by atoms with Gasteiger partial charge >= 0.3 is 0 Å². The summed E-state index contributed by atoms with van der Waals surface area (Å²) in [6.07, 6.45) is 26.2. The van der Waals surface area contributed by atoms with E-state index in [0.717, 1.165) is 19.3 Å². The summed E-state index contributed by atoms with van der Waals surface area (Å²) in [6.45, 7) is 22.8. The number of carbonyl (C=O) groups is 2. The number of rotatable bonds is 18. The molecule has 0 aliphatic carbocycles. The summed E-state index contributed by atoms with van der Waals surface area (Å²) in [5.41, 5.74) is 6.89. The minimum absolute atomic E-state index is 0.373. The number of hydrogen-bond donors (Lipinski definition) is 4. The van der Waals surface area contributed by atoms with Crippen molar-refractivity contribution < 1.29 is 14.3 Å². The van der Waals surface area contributed by atoms with Crippen LogP contribution in [0.15, 0.2) is 72.3 Å². The highest BCUT2D eigenvalue weighted by molar-refractivity contribution is 5.58. The Morgan fingerprint density at radius 2 is 1.59 bits per heavy atom. The van der Waals surface area contributed by atoms with E-state index in [-0.39, 0.29) is 0 Å². The molecule has 1 unspecified atom stereocenters. The van der Waals surface area contributed by atoms with Gasteiger partial charge in [0.15, 0.2) is 0 Å². The number of nitrogens with one attached hydrogen (secondary N) is 3. The fourth-order valence-electron chi connectivity index (χ4n) is 3.80. The number of allylic oxidation sites excluding steroid dienone is 6. The molecule has 0 aromatic heterocycles. The van der Waals surface area contributed by atoms with Gasteiger partial charge in [0.25, 0.3) is 0 Å². The Kier molecular flexibility index (Phi) is 46.0. The summed E-state index contributed by atoms with van der Waals surface area (Å²) in [6, 6.07) is 0. The standard InChI is InChI=1S/C18H31N.C12H21N3O3.C3H6.C2H6.CH5N/c1-4-6-13-18(5-2)17(3)12-8-11-16-19-14-9-7-10-15-19;1-3-4-6-18-7-5-11(14-9-16)12(8-13-2)15-10-17;1-3-2;2*1-2/h5-6,8,12-13,17H,4,7,9-11,14-16H2,1-3H3;5,8-10,13H,3-4,6-7H2,1-2H3,(H,14,16)(H,15,17);3H,1H2,2H3;1-2H3;2H2,1H3/b12-8-,13-6-,18-5+;11-5+,12-8+;;;. The van der Waals surface area contributed by atoms with Crippen LogP contribution in [-0.2, 0) is 14.3 Å². The molecule has 0 radical (unpaired) electrons. The SMILES string of the molecule is C/C=C(\C=C/CC)C(C)/C=C\CCN1CCCCC1.C=CC.CC.CCCCOC/C=C(NC=O)\C(=C/NC)NC=O.CN. The Labute approximate surface area is 272 Å². The maximum absolute atomic E-state index is 10.5. The number of piperidine rings is 1. The molecular weight excluding hydrogens is 550 g/mol. The molecule has 2 amide bonds. The van der Waals surface area contributed by atoms with Crippen LogP contribution in [0.4, 0.5) is 0 Å². The van der Waals surface area contributed by atoms with E-state index in [1.165, 1.54) is 57.9 Å². The first kappa shape index (κ1) is 48.0. The van der Waals surface area contributed by atoms with Crippen LogP contribution in [0.1, 0.15) is 93.4 Å². The van der Waals surface area contributed by atoms with E-state index >= 15 is 0 Å². The molecule has 5 N–H and O–H groups in total. The van der Waals surface area contributed by atoms with Crippen molar-refractivity contribution in [3.63, 3.8) is 0 Å². The monoisotopic (exact) mass is 620 g/mol. The maximum atomic E-state index is 10.5. The topological polar surface area (TPSA) is 109 Å². The van der Waals surface area contributed by atoms with Crippen LogP contribution in [-0.4, -0.2) is 64.7 Å². The van der Waals surface area contributed by atoms with Crippen LogP contribution < -0.4 is 21.7 Å². The average Bonchev–Trinajstić information content (AvgIpc) is 3.06. The summed E-state index contributed by atoms with van der Waals surface area (Å²) in [5, 5.41) is 7.79. The molecule has 1 saturated heterocycles. The molecule has 1 rings (SSSR count). The van der Waals surface area contributed by atoms with Gasteiger partial charge in [-0.2, -0.15) is 0 Å². The number of hydrogen-bond acceptors (Lipinski definition) is 6. The minimum atomic E-state index is 0.373. The van der Waals surface area contributed by atoms with Gasteiger partial charge in [-0.25, -0.2) is 0 Å². The molecule has 1 atom stereocenters. The van der Waals surface area contributed by atoms with Gasteiger partial charge in [-0.15, -0.1) is 6.58 Å². The molecule has 256 valence electrons. The minimum Gasteiger partial charge on any atom is -0.392 e. The lowest BCUT2D eigenvalue weighted by atomic mass is 9.99. The van der Waals surface area contributed by atoms with E-state index in [2.05, 4.69) is 91.2 Å². The number of likely N-dealkylation sites (tertiary alicyclic amines) is 1. The highest BCUT2D eigenvalue weighted by Crippen LogP contribution is 2.15. The third-order valence-electron chi connectivity index (χ3n) is 5.95. The van der Waals surface area contributed by atoms with E-state index in [1.54, 1.807) is 25.4 Å². The molecule has 1 aliphatic rings. The molecule has 0 bridgehead atoms. The van der Waals surface area contributed by atoms with Crippen LogP contribution in [0.3, 0.4) is 0 Å². The van der Waals surface area contributed by atoms with Crippen molar-refractivity contribution in [2.24, 2.45) is 11.7 Å². The van der Waals surface area contributed by atoms with E-state index < -0.39 is 0 Å². The van der Waals surface area contributed by atoms with Crippen LogP contribution in [0.2, 0.25) is 0 Å². The van der Waals surface area contributed by atoms with E-state index in [0.29, 0.717) is 43.3 Å². The zero-order chi connectivity index (χ0) is 34.3. The molecule has 0 saturated carbocycles. The number of amides is 2. The van der Waals surface area contributed by atoms with Gasteiger partial charge in [-0.3, -0.25) is 9.59 Å². The Bertz CT molecular complexity index is 783. The highest BCUT2D eigenvalue weighted by atomic mass is 16.5. The number of nitrogens with zero attached hydrogens (tertiary/aromatic N) is 1. The van der Waals surface area contributed by atoms with Gasteiger partial charge in [-0.1, -0.05) is 83.9 Å². The maximum Gasteiger partial charge on any atom is 0.211 e. The first-order valence-electron chi connectivity index (χ1n) is 16.4. The largest absolute Gasteiger partial charge is 0.392 e. The van der Waals surface area contributed by atoms with Gasteiger partial charge < -0.3 is 31.3 Å². The van der Waals surface area contributed by atoms with Crippen molar-refractivity contribution >= 4 is 12.8 Å². The first-order valence-corrected chi connectivity index (χ1v) is 16.4. The molecule has 44 heavy (non-hydrogen) atoms. The van der Waals surface area contributed by atoms with Crippen LogP contribution in [0, 0.1) is 5.92 Å². The molecule has 0 aromatic carbocycles. The fourth-order valence-corrected chi connectivity index (χ4v) is 3.80. The van der Waals surface area contributed by atoms with Gasteiger partial charge in [-0.05, 0) is 83.7 Å². The third kappa shape index (κ3) is 32.0. The zero-order valence-electron chi connectivity index (χ0n) is 29.8. The van der Waals surface area contributed by atoms with Crippen LogP contribution in [0.25, 0.3) is 0 Å². The predicted octanol–water partition coefficient (Wildman–Crippen LogP) is 7.00. The smallest absolute Gasteiger partial charge is 0.211 e. The summed E-state index contributed by atoms with van der Waals surface area (Å²) >= 11 is 0. The van der Waals surface area contributed by atoms with E-state index in [1.807, 2.05) is 20.8 Å². The van der Waals surface area contributed by atoms with Crippen LogP contribution >= 0.6 is 0 Å². The number of ether oxygens (including phenoxy) is 1. The zero-order valence-corrected chi connectivity index (χ0v) is 29.8. The first-order chi connectivity index (χ1) is 21.5. The third-order valence-corrected chi connectivity index (χ3v) is 5.95. The van der Waals surface area contributed by atoms with Gasteiger partial charge in [0.05, 0.1) is 18.0 Å². The van der Waals surface area contributed by atoms with Crippen molar-refractivity contribution in [3.05, 3.63) is 72.3 Å². The van der Waals surface area contributed by atoms with Gasteiger partial charge in [0, 0.05) is 26.4 Å². The summed E-state index contributed by atoms with van der Waals surface area (Å²) in [4.78, 5) is 23.6. The molecule has 1 fully saturated rings. The molecule has 0 spiro atoms. The predicted molar refractivity (Wildman–Crippen MR) is 193 cm³/mol. The molecule has 8 nitrogen and oxygen atoms in total. The van der Waals surface area contributed by atoms with Crippen molar-refractivity contribution in [2.45, 2.75) is 93.4 Å². The highest BCUT2D eigenvalue weighted by Gasteiger charge is 2.08. The van der Waals surface area contributed by atoms with Gasteiger partial charge in [0.1, 0.15) is 0 Å². The Hall–Kier alpha value is -2.94. The average molecular weight is 620 g/mol. The van der Waals surface area contributed by atoms with Crippen molar-refractivity contribution in [1.29, 1.82) is 0 Å². The second kappa shape index (κ2) is 42.2. The Balaban J connectivity index is -0.000000302. The number of unbranched alkanes of at least 4 members (excludes halogenated alkanes) is 1. The lowest BCUT2D eigenvalue weighted by Crippen LogP contribution is -2.30. The van der Waals surface area contributed by atoms with Crippen molar-refractivity contribution in [3.8, 4) is 0 Å². The Morgan fingerprint density at radius 3 is 2.09 bits per heavy atom. The molecule has 8 heteroatoms. The van der Waals surface area contributed by atoms with Gasteiger partial charge in [0.2, 0.25) is 12.8 Å². The fraction of sp³-hybridized carbons (Fsp3) is 0.611. The molecular formula is C36H69N5O3. The normalized spacial score (nSPS) is 14.3. The second-order valence-corrected chi connectivity index (χ2v) is 9.33. The number of carbonyl (C=O) groups excluding carboxylic acids is 2. The lowest BCUT2D eigenvalue weighted by Gasteiger charge is -2.25. The van der Waals surface area contributed by atoms with E-state index in [9.17, 15) is 9.59 Å². The summed E-state index contributed by atoms with van der Waals surface area (Å²) in [7, 11) is 3.20. The Morgan fingerprint density at radius 1 is 1.00 bits per heavy atom. The molecule has 1 aliphatic heterocycles.